The summed E-state index contributed by atoms with van der Waals surface area (Å²) in [5, 5.41) is 10.9. The number of nitro benzene ring substituents is 1. The molecule has 0 amide bonds. The molecule has 0 radical (unpaired) electrons. The van der Waals surface area contributed by atoms with Crippen molar-refractivity contribution in [2.24, 2.45) is 0 Å². The third kappa shape index (κ3) is 3.80. The number of hydrogen-bond acceptors (Lipinski definition) is 6. The van der Waals surface area contributed by atoms with E-state index in [4.69, 9.17) is 18.9 Å². The molecule has 27 heavy (non-hydrogen) atoms. The van der Waals surface area contributed by atoms with E-state index >= 15 is 0 Å². The smallest absolute Gasteiger partial charge is 0.272 e. The number of rotatable bonds is 6. The fourth-order valence-corrected chi connectivity index (χ4v) is 3.53. The molecule has 2 aromatic carbocycles. The number of hydrogen-bond donors (Lipinski definition) is 0. The number of nitro groups is 1. The number of benzene rings is 2. The predicted molar refractivity (Wildman–Crippen MR) is 96.7 cm³/mol. The normalized spacial score (nSPS) is 26.7. The van der Waals surface area contributed by atoms with Crippen LogP contribution in [0.2, 0.25) is 0 Å². The first-order valence-electron chi connectivity index (χ1n) is 8.92. The maximum absolute atomic E-state index is 10.9. The molecule has 7 heteroatoms. The van der Waals surface area contributed by atoms with E-state index in [1.165, 1.54) is 6.07 Å². The highest BCUT2D eigenvalue weighted by Gasteiger charge is 2.49. The Morgan fingerprint density at radius 1 is 1.07 bits per heavy atom. The molecule has 0 spiro atoms. The van der Waals surface area contributed by atoms with Crippen molar-refractivity contribution in [2.45, 2.75) is 37.9 Å². The second kappa shape index (κ2) is 7.64. The molecule has 0 bridgehead atoms. The summed E-state index contributed by atoms with van der Waals surface area (Å²) in [6.45, 7) is 3.06. The van der Waals surface area contributed by atoms with Crippen molar-refractivity contribution in [3.63, 3.8) is 0 Å². The molecule has 2 fully saturated rings. The van der Waals surface area contributed by atoms with Crippen molar-refractivity contribution in [2.75, 3.05) is 13.2 Å². The third-order valence-corrected chi connectivity index (χ3v) is 4.92. The van der Waals surface area contributed by atoms with E-state index in [1.807, 2.05) is 30.3 Å². The van der Waals surface area contributed by atoms with Gasteiger partial charge < -0.3 is 18.9 Å². The maximum Gasteiger partial charge on any atom is 0.272 e. The van der Waals surface area contributed by atoms with Gasteiger partial charge in [-0.2, -0.15) is 0 Å². The lowest BCUT2D eigenvalue weighted by Gasteiger charge is -2.18. The lowest BCUT2D eigenvalue weighted by Crippen LogP contribution is -2.35. The zero-order chi connectivity index (χ0) is 18.8. The standard InChI is InChI=1S/C20H21NO6/c1-13-9-15(7-8-16(13)21(22)23)27-18-12-26-19-17(11-25-20(18)19)24-10-14-5-3-2-4-6-14/h2-9,17-20H,10-12H2,1H3/t17-,18-,19-,20-/m1/s1. The van der Waals surface area contributed by atoms with Crippen LogP contribution in [0, 0.1) is 17.0 Å². The zero-order valence-corrected chi connectivity index (χ0v) is 14.9. The molecule has 0 saturated carbocycles. The van der Waals surface area contributed by atoms with Crippen molar-refractivity contribution in [1.29, 1.82) is 0 Å². The Balaban J connectivity index is 1.36. The van der Waals surface area contributed by atoms with Crippen LogP contribution in [-0.2, 0) is 20.8 Å². The quantitative estimate of drug-likeness (QED) is 0.574. The van der Waals surface area contributed by atoms with Gasteiger partial charge in [-0.1, -0.05) is 30.3 Å². The molecular formula is C20H21NO6. The highest BCUT2D eigenvalue weighted by atomic mass is 16.6. The van der Waals surface area contributed by atoms with Gasteiger partial charge in [0.2, 0.25) is 0 Å². The molecule has 0 aliphatic carbocycles. The van der Waals surface area contributed by atoms with Gasteiger partial charge >= 0.3 is 0 Å². The molecular weight excluding hydrogens is 350 g/mol. The van der Waals surface area contributed by atoms with Crippen molar-refractivity contribution >= 4 is 5.69 Å². The Kier molecular flexibility index (Phi) is 5.07. The molecule has 0 N–H and O–H groups in total. The molecule has 2 aliphatic rings. The van der Waals surface area contributed by atoms with Crippen LogP contribution in [0.4, 0.5) is 5.69 Å². The van der Waals surface area contributed by atoms with Crippen LogP contribution in [0.5, 0.6) is 5.75 Å². The van der Waals surface area contributed by atoms with E-state index in [0.717, 1.165) is 5.56 Å². The monoisotopic (exact) mass is 371 g/mol. The number of ether oxygens (including phenoxy) is 4. The molecule has 2 saturated heterocycles. The number of fused-ring (bicyclic) bond motifs is 1. The Bertz CT molecular complexity index is 811. The van der Waals surface area contributed by atoms with E-state index in [9.17, 15) is 10.1 Å². The van der Waals surface area contributed by atoms with Crippen LogP contribution in [-0.4, -0.2) is 42.6 Å². The van der Waals surface area contributed by atoms with Gasteiger partial charge in [-0.15, -0.1) is 0 Å². The minimum atomic E-state index is -0.400. The zero-order valence-electron chi connectivity index (χ0n) is 14.9. The first-order chi connectivity index (χ1) is 13.1. The Morgan fingerprint density at radius 3 is 2.48 bits per heavy atom. The summed E-state index contributed by atoms with van der Waals surface area (Å²) in [5.74, 6) is 0.574. The number of aryl methyl sites for hydroxylation is 1. The van der Waals surface area contributed by atoms with Gasteiger partial charge in [-0.05, 0) is 24.6 Å². The summed E-state index contributed by atoms with van der Waals surface area (Å²) in [5.41, 5.74) is 1.74. The van der Waals surface area contributed by atoms with Crippen LogP contribution < -0.4 is 4.74 Å². The summed E-state index contributed by atoms with van der Waals surface area (Å²) in [6.07, 6.45) is -0.775. The van der Waals surface area contributed by atoms with E-state index in [-0.39, 0.29) is 30.1 Å². The molecule has 2 aromatic rings. The van der Waals surface area contributed by atoms with Crippen molar-refractivity contribution in [3.05, 3.63) is 69.8 Å². The van der Waals surface area contributed by atoms with Gasteiger partial charge in [-0.3, -0.25) is 10.1 Å². The van der Waals surface area contributed by atoms with Gasteiger partial charge in [0.15, 0.2) is 6.10 Å². The average molecular weight is 371 g/mol. The van der Waals surface area contributed by atoms with Crippen molar-refractivity contribution in [1.82, 2.24) is 0 Å². The second-order valence-corrected chi connectivity index (χ2v) is 6.79. The molecule has 0 unspecified atom stereocenters. The first-order valence-corrected chi connectivity index (χ1v) is 8.92. The third-order valence-electron chi connectivity index (χ3n) is 4.92. The maximum atomic E-state index is 10.9. The molecule has 4 atom stereocenters. The Morgan fingerprint density at radius 2 is 1.78 bits per heavy atom. The van der Waals surface area contributed by atoms with E-state index < -0.39 is 4.92 Å². The average Bonchev–Trinajstić information content (AvgIpc) is 3.24. The van der Waals surface area contributed by atoms with Gasteiger partial charge in [0.1, 0.15) is 24.1 Å². The predicted octanol–water partition coefficient (Wildman–Crippen LogP) is 3.03. The fraction of sp³-hybridized carbons (Fsp3) is 0.400. The van der Waals surface area contributed by atoms with Crippen LogP contribution >= 0.6 is 0 Å². The molecule has 4 rings (SSSR count). The summed E-state index contributed by atoms with van der Waals surface area (Å²) < 4.78 is 23.7. The number of nitrogens with zero attached hydrogens (tertiary/aromatic N) is 1. The van der Waals surface area contributed by atoms with Gasteiger partial charge in [0.25, 0.3) is 5.69 Å². The summed E-state index contributed by atoms with van der Waals surface area (Å²) in [6, 6.07) is 14.7. The van der Waals surface area contributed by atoms with Gasteiger partial charge in [0, 0.05) is 11.6 Å². The summed E-state index contributed by atoms with van der Waals surface area (Å²) >= 11 is 0. The van der Waals surface area contributed by atoms with Gasteiger partial charge in [0.05, 0.1) is 24.7 Å². The first kappa shape index (κ1) is 17.9. The SMILES string of the molecule is Cc1cc(O[C@@H]2CO[C@H]3[C@@H]2OC[C@H]3OCc2ccccc2)ccc1[N+](=O)[O-]. The van der Waals surface area contributed by atoms with Crippen LogP contribution in [0.3, 0.4) is 0 Å². The molecule has 0 aromatic heterocycles. The van der Waals surface area contributed by atoms with E-state index in [2.05, 4.69) is 0 Å². The Labute approximate surface area is 157 Å². The van der Waals surface area contributed by atoms with Crippen LogP contribution in [0.25, 0.3) is 0 Å². The second-order valence-electron chi connectivity index (χ2n) is 6.79. The lowest BCUT2D eigenvalue weighted by atomic mass is 10.1. The van der Waals surface area contributed by atoms with Gasteiger partial charge in [-0.25, -0.2) is 0 Å². The highest BCUT2D eigenvalue weighted by molar-refractivity contribution is 5.44. The molecule has 142 valence electrons. The molecule has 2 heterocycles. The summed E-state index contributed by atoms with van der Waals surface area (Å²) in [4.78, 5) is 10.5. The minimum Gasteiger partial charge on any atom is -0.485 e. The highest BCUT2D eigenvalue weighted by Crippen LogP contribution is 2.33. The molecule has 7 nitrogen and oxygen atoms in total. The fourth-order valence-electron chi connectivity index (χ4n) is 3.53. The van der Waals surface area contributed by atoms with E-state index in [0.29, 0.717) is 31.1 Å². The minimum absolute atomic E-state index is 0.0781. The lowest BCUT2D eigenvalue weighted by molar-refractivity contribution is -0.385. The van der Waals surface area contributed by atoms with Crippen molar-refractivity contribution in [3.8, 4) is 5.75 Å². The Hall–Kier alpha value is -2.48. The van der Waals surface area contributed by atoms with E-state index in [1.54, 1.807) is 19.1 Å². The molecule has 2 aliphatic heterocycles. The van der Waals surface area contributed by atoms with Crippen LogP contribution in [0.15, 0.2) is 48.5 Å². The van der Waals surface area contributed by atoms with Crippen LogP contribution in [0.1, 0.15) is 11.1 Å². The largest absolute Gasteiger partial charge is 0.485 e. The topological polar surface area (TPSA) is 80.1 Å². The van der Waals surface area contributed by atoms with Crippen molar-refractivity contribution < 1.29 is 23.9 Å². The summed E-state index contributed by atoms with van der Waals surface area (Å²) in [7, 11) is 0.